The first-order chi connectivity index (χ1) is 11.4. The summed E-state index contributed by atoms with van der Waals surface area (Å²) >= 11 is 1.86. The highest BCUT2D eigenvalue weighted by molar-refractivity contribution is 7.10. The van der Waals surface area contributed by atoms with E-state index in [1.807, 2.05) is 22.3 Å². The van der Waals surface area contributed by atoms with E-state index in [0.29, 0.717) is 6.04 Å². The zero-order valence-corrected chi connectivity index (χ0v) is 13.8. The molecule has 118 valence electrons. The molecular weight excluding hydrogens is 304 g/mol. The predicted octanol–water partition coefficient (Wildman–Crippen LogP) is 3.67. The Bertz CT molecular complexity index is 735. The molecule has 0 spiro atoms. The van der Waals surface area contributed by atoms with E-state index in [-0.39, 0.29) is 0 Å². The molecule has 0 radical (unpaired) electrons. The molecule has 1 fully saturated rings. The van der Waals surface area contributed by atoms with Crippen LogP contribution in [0.3, 0.4) is 0 Å². The molecule has 1 saturated heterocycles. The number of thiophene rings is 1. The van der Waals surface area contributed by atoms with Gasteiger partial charge in [-0.2, -0.15) is 5.10 Å². The molecule has 1 aromatic carbocycles. The highest BCUT2D eigenvalue weighted by Crippen LogP contribution is 2.28. The summed E-state index contributed by atoms with van der Waals surface area (Å²) in [7, 11) is 0. The number of aromatic nitrogens is 3. The topological polar surface area (TPSA) is 34.0 Å². The van der Waals surface area contributed by atoms with E-state index in [9.17, 15) is 0 Å². The minimum Gasteiger partial charge on any atom is -0.293 e. The Kier molecular flexibility index (Phi) is 4.22. The predicted molar refractivity (Wildman–Crippen MR) is 93.2 cm³/mol. The molecule has 4 rings (SSSR count). The molecule has 0 aliphatic carbocycles. The van der Waals surface area contributed by atoms with Gasteiger partial charge in [-0.25, -0.2) is 4.98 Å². The summed E-state index contributed by atoms with van der Waals surface area (Å²) in [5.41, 5.74) is 2.63. The van der Waals surface area contributed by atoms with Crippen molar-refractivity contribution in [1.82, 2.24) is 19.7 Å². The normalized spacial score (nSPS) is 18.5. The van der Waals surface area contributed by atoms with Gasteiger partial charge in [0.05, 0.1) is 6.54 Å². The Morgan fingerprint density at radius 1 is 1.17 bits per heavy atom. The SMILES string of the molecule is c1ccc(-c2csc(CN3CCCC3Cn3cncn3)c2)cc1. The number of nitrogens with zero attached hydrogens (tertiary/aromatic N) is 4. The van der Waals surface area contributed by atoms with E-state index in [1.165, 1.54) is 35.4 Å². The van der Waals surface area contributed by atoms with Crippen LogP contribution in [0.15, 0.2) is 54.4 Å². The summed E-state index contributed by atoms with van der Waals surface area (Å²) in [5, 5.41) is 6.52. The lowest BCUT2D eigenvalue weighted by Crippen LogP contribution is -2.32. The first-order valence-electron chi connectivity index (χ1n) is 8.08. The molecule has 1 aliphatic heterocycles. The Morgan fingerprint density at radius 2 is 2.09 bits per heavy atom. The monoisotopic (exact) mass is 324 g/mol. The van der Waals surface area contributed by atoms with Crippen molar-refractivity contribution in [2.24, 2.45) is 0 Å². The van der Waals surface area contributed by atoms with Crippen LogP contribution in [0.2, 0.25) is 0 Å². The number of benzene rings is 1. The first kappa shape index (κ1) is 14.6. The van der Waals surface area contributed by atoms with E-state index < -0.39 is 0 Å². The second kappa shape index (κ2) is 6.64. The Balaban J connectivity index is 1.44. The fourth-order valence-electron chi connectivity index (χ4n) is 3.30. The maximum Gasteiger partial charge on any atom is 0.137 e. The van der Waals surface area contributed by atoms with Crippen molar-refractivity contribution in [3.8, 4) is 11.1 Å². The molecular formula is C18H20N4S. The summed E-state index contributed by atoms with van der Waals surface area (Å²) in [6.07, 6.45) is 5.95. The lowest BCUT2D eigenvalue weighted by molar-refractivity contribution is 0.221. The average molecular weight is 324 g/mol. The molecule has 1 unspecified atom stereocenters. The standard InChI is InChI=1S/C18H20N4S/c1-2-5-15(6-3-1)16-9-18(23-12-16)11-21-8-4-7-17(21)10-22-14-19-13-20-22/h1-3,5-6,9,12-14,17H,4,7-8,10-11H2. The van der Waals surface area contributed by atoms with Gasteiger partial charge < -0.3 is 0 Å². The summed E-state index contributed by atoms with van der Waals surface area (Å²) < 4.78 is 1.95. The van der Waals surface area contributed by atoms with Crippen LogP contribution in [-0.2, 0) is 13.1 Å². The summed E-state index contributed by atoms with van der Waals surface area (Å²) in [6, 6.07) is 13.5. The van der Waals surface area contributed by atoms with Gasteiger partial charge in [-0.15, -0.1) is 11.3 Å². The van der Waals surface area contributed by atoms with Crippen molar-refractivity contribution in [3.63, 3.8) is 0 Å². The van der Waals surface area contributed by atoms with E-state index in [4.69, 9.17) is 0 Å². The molecule has 1 aliphatic rings. The maximum absolute atomic E-state index is 4.25. The van der Waals surface area contributed by atoms with Crippen molar-refractivity contribution >= 4 is 11.3 Å². The molecule has 3 heterocycles. The van der Waals surface area contributed by atoms with Gasteiger partial charge in [-0.1, -0.05) is 30.3 Å². The Labute approximate surface area is 140 Å². The van der Waals surface area contributed by atoms with Gasteiger partial charge >= 0.3 is 0 Å². The zero-order valence-electron chi connectivity index (χ0n) is 13.0. The largest absolute Gasteiger partial charge is 0.293 e. The van der Waals surface area contributed by atoms with Crippen LogP contribution >= 0.6 is 11.3 Å². The number of hydrogen-bond acceptors (Lipinski definition) is 4. The van der Waals surface area contributed by atoms with Gasteiger partial charge in [0.1, 0.15) is 12.7 Å². The molecule has 5 heteroatoms. The van der Waals surface area contributed by atoms with Crippen molar-refractivity contribution in [2.45, 2.75) is 32.0 Å². The van der Waals surface area contributed by atoms with Crippen molar-refractivity contribution < 1.29 is 0 Å². The van der Waals surface area contributed by atoms with E-state index in [1.54, 1.807) is 6.33 Å². The third-order valence-corrected chi connectivity index (χ3v) is 5.40. The lowest BCUT2D eigenvalue weighted by Gasteiger charge is -2.23. The zero-order chi connectivity index (χ0) is 15.5. The summed E-state index contributed by atoms with van der Waals surface area (Å²) in [5.74, 6) is 0. The van der Waals surface area contributed by atoms with Crippen LogP contribution in [0.1, 0.15) is 17.7 Å². The second-order valence-electron chi connectivity index (χ2n) is 6.05. The molecule has 0 N–H and O–H groups in total. The fraction of sp³-hybridized carbons (Fsp3) is 0.333. The highest BCUT2D eigenvalue weighted by Gasteiger charge is 2.25. The van der Waals surface area contributed by atoms with Crippen molar-refractivity contribution in [1.29, 1.82) is 0 Å². The van der Waals surface area contributed by atoms with E-state index >= 15 is 0 Å². The molecule has 23 heavy (non-hydrogen) atoms. The van der Waals surface area contributed by atoms with Crippen LogP contribution in [0.4, 0.5) is 0 Å². The third-order valence-electron chi connectivity index (χ3n) is 4.48. The molecule has 0 bridgehead atoms. The van der Waals surface area contributed by atoms with Crippen LogP contribution in [-0.4, -0.2) is 32.3 Å². The summed E-state index contributed by atoms with van der Waals surface area (Å²) in [4.78, 5) is 8.07. The maximum atomic E-state index is 4.25. The van der Waals surface area contributed by atoms with Gasteiger partial charge in [0, 0.05) is 17.5 Å². The molecule has 2 aromatic heterocycles. The number of likely N-dealkylation sites (tertiary alicyclic amines) is 1. The van der Waals surface area contributed by atoms with Crippen molar-refractivity contribution in [2.75, 3.05) is 6.54 Å². The minimum absolute atomic E-state index is 0.568. The van der Waals surface area contributed by atoms with Gasteiger partial charge in [0.25, 0.3) is 0 Å². The van der Waals surface area contributed by atoms with Crippen LogP contribution in [0.25, 0.3) is 11.1 Å². The highest BCUT2D eigenvalue weighted by atomic mass is 32.1. The van der Waals surface area contributed by atoms with Crippen molar-refractivity contribution in [3.05, 3.63) is 59.3 Å². The first-order valence-corrected chi connectivity index (χ1v) is 8.96. The smallest absolute Gasteiger partial charge is 0.137 e. The number of hydrogen-bond donors (Lipinski definition) is 0. The Morgan fingerprint density at radius 3 is 2.91 bits per heavy atom. The summed E-state index contributed by atoms with van der Waals surface area (Å²) in [6.45, 7) is 3.16. The van der Waals surface area contributed by atoms with Gasteiger partial charge in [-0.3, -0.25) is 9.58 Å². The van der Waals surface area contributed by atoms with E-state index in [2.05, 4.69) is 56.8 Å². The fourth-order valence-corrected chi connectivity index (χ4v) is 4.22. The molecule has 0 amide bonds. The van der Waals surface area contributed by atoms with Gasteiger partial charge in [0.2, 0.25) is 0 Å². The molecule has 4 nitrogen and oxygen atoms in total. The van der Waals surface area contributed by atoms with Crippen LogP contribution < -0.4 is 0 Å². The quantitative estimate of drug-likeness (QED) is 0.718. The molecule has 1 atom stereocenters. The lowest BCUT2D eigenvalue weighted by atomic mass is 10.1. The minimum atomic E-state index is 0.568. The second-order valence-corrected chi connectivity index (χ2v) is 7.05. The van der Waals surface area contributed by atoms with E-state index in [0.717, 1.165) is 13.1 Å². The van der Waals surface area contributed by atoms with Gasteiger partial charge in [-0.05, 0) is 42.0 Å². The Hall–Kier alpha value is -1.98. The van der Waals surface area contributed by atoms with Crippen LogP contribution in [0.5, 0.6) is 0 Å². The third kappa shape index (κ3) is 3.35. The average Bonchev–Trinajstić information content (AvgIpc) is 3.33. The molecule has 3 aromatic rings. The number of rotatable bonds is 5. The van der Waals surface area contributed by atoms with Gasteiger partial charge in [0.15, 0.2) is 0 Å². The van der Waals surface area contributed by atoms with Crippen LogP contribution in [0, 0.1) is 0 Å². The molecule has 0 saturated carbocycles.